The van der Waals surface area contributed by atoms with E-state index in [1.807, 2.05) is 20.8 Å². The second kappa shape index (κ2) is 7.20. The summed E-state index contributed by atoms with van der Waals surface area (Å²) in [5.41, 5.74) is 0.285. The Morgan fingerprint density at radius 3 is 2.89 bits per heavy atom. The van der Waals surface area contributed by atoms with Gasteiger partial charge in [0.1, 0.15) is 5.60 Å². The van der Waals surface area contributed by atoms with Crippen molar-refractivity contribution in [3.63, 3.8) is 0 Å². The van der Waals surface area contributed by atoms with Crippen LogP contribution in [0, 0.1) is 0 Å². The van der Waals surface area contributed by atoms with Crippen LogP contribution in [0.25, 0.3) is 0 Å². The number of aliphatic hydroxyl groups excluding tert-OH is 1. The van der Waals surface area contributed by atoms with Gasteiger partial charge in [0.15, 0.2) is 0 Å². The van der Waals surface area contributed by atoms with Gasteiger partial charge in [0.2, 0.25) is 0 Å². The summed E-state index contributed by atoms with van der Waals surface area (Å²) in [4.78, 5) is 11.4. The number of aromatic nitrogens is 3. The molecule has 1 aromatic rings. The number of rotatable bonds is 7. The van der Waals surface area contributed by atoms with Gasteiger partial charge in [-0.3, -0.25) is 9.48 Å². The van der Waals surface area contributed by atoms with Crippen LogP contribution in [0.3, 0.4) is 0 Å². The average molecular weight is 270 g/mol. The minimum atomic E-state index is -0.466. The monoisotopic (exact) mass is 270 g/mol. The number of hydrogen-bond donors (Lipinski definition) is 2. The summed E-state index contributed by atoms with van der Waals surface area (Å²) in [6.45, 7) is 6.85. The molecule has 0 aliphatic carbocycles. The molecule has 1 heterocycles. The number of esters is 1. The molecule has 1 aromatic heterocycles. The number of hydrogen-bond acceptors (Lipinski definition) is 6. The second-order valence-corrected chi connectivity index (χ2v) is 5.24. The third-order valence-corrected chi connectivity index (χ3v) is 2.13. The fourth-order valence-electron chi connectivity index (χ4n) is 1.43. The molecule has 0 saturated carbocycles. The number of ether oxygens (including phenoxy) is 1. The first-order chi connectivity index (χ1) is 8.90. The Hall–Kier alpha value is -1.47. The molecular weight excluding hydrogens is 248 g/mol. The predicted octanol–water partition coefficient (Wildman–Crippen LogP) is 0.0918. The van der Waals surface area contributed by atoms with Crippen molar-refractivity contribution < 1.29 is 14.6 Å². The lowest BCUT2D eigenvalue weighted by atomic mass is 10.2. The maximum Gasteiger partial charge on any atom is 0.320 e. The quantitative estimate of drug-likeness (QED) is 0.683. The normalized spacial score (nSPS) is 11.6. The van der Waals surface area contributed by atoms with Crippen molar-refractivity contribution in [2.45, 2.75) is 45.9 Å². The van der Waals surface area contributed by atoms with Crippen molar-refractivity contribution in [1.29, 1.82) is 0 Å². The van der Waals surface area contributed by atoms with Crippen molar-refractivity contribution in [3.8, 4) is 0 Å². The van der Waals surface area contributed by atoms with Crippen LogP contribution >= 0.6 is 0 Å². The van der Waals surface area contributed by atoms with Crippen LogP contribution in [-0.2, 0) is 22.6 Å². The zero-order chi connectivity index (χ0) is 14.3. The van der Waals surface area contributed by atoms with Gasteiger partial charge in [-0.1, -0.05) is 5.21 Å². The zero-order valence-corrected chi connectivity index (χ0v) is 11.7. The van der Waals surface area contributed by atoms with E-state index in [1.54, 1.807) is 10.9 Å². The molecule has 0 unspecified atom stereocenters. The lowest BCUT2D eigenvalue weighted by Crippen LogP contribution is -2.31. The molecular formula is C12H22N4O3. The molecule has 0 radical (unpaired) electrons. The summed E-state index contributed by atoms with van der Waals surface area (Å²) < 4.78 is 6.83. The van der Waals surface area contributed by atoms with E-state index in [0.717, 1.165) is 5.69 Å². The van der Waals surface area contributed by atoms with E-state index < -0.39 is 5.60 Å². The van der Waals surface area contributed by atoms with E-state index in [2.05, 4.69) is 15.6 Å². The summed E-state index contributed by atoms with van der Waals surface area (Å²) in [7, 11) is 0. The minimum absolute atomic E-state index is 0.131. The summed E-state index contributed by atoms with van der Waals surface area (Å²) in [5.74, 6) is -0.292. The van der Waals surface area contributed by atoms with E-state index in [0.29, 0.717) is 19.5 Å². The summed E-state index contributed by atoms with van der Waals surface area (Å²) in [5, 5.41) is 19.5. The summed E-state index contributed by atoms with van der Waals surface area (Å²) >= 11 is 0. The van der Waals surface area contributed by atoms with Gasteiger partial charge >= 0.3 is 5.97 Å². The first-order valence-corrected chi connectivity index (χ1v) is 6.33. The van der Waals surface area contributed by atoms with Gasteiger partial charge in [-0.25, -0.2) is 0 Å². The van der Waals surface area contributed by atoms with E-state index in [9.17, 15) is 4.79 Å². The van der Waals surface area contributed by atoms with Gasteiger partial charge in [0, 0.05) is 25.9 Å². The predicted molar refractivity (Wildman–Crippen MR) is 69.3 cm³/mol. The van der Waals surface area contributed by atoms with Gasteiger partial charge in [0.25, 0.3) is 0 Å². The molecule has 2 N–H and O–H groups in total. The molecule has 1 rings (SSSR count). The molecule has 0 saturated heterocycles. The van der Waals surface area contributed by atoms with E-state index in [4.69, 9.17) is 9.84 Å². The molecule has 0 aliphatic heterocycles. The third kappa shape index (κ3) is 6.88. The fourth-order valence-corrected chi connectivity index (χ4v) is 1.43. The van der Waals surface area contributed by atoms with Crippen LogP contribution in [0.1, 0.15) is 32.9 Å². The Morgan fingerprint density at radius 1 is 1.53 bits per heavy atom. The topological polar surface area (TPSA) is 89.3 Å². The van der Waals surface area contributed by atoms with Crippen molar-refractivity contribution in [2.75, 3.05) is 13.2 Å². The SMILES string of the molecule is CC(C)(C)OC(=O)CNCc1cn(CCCO)nn1. The molecule has 7 nitrogen and oxygen atoms in total. The highest BCUT2D eigenvalue weighted by Gasteiger charge is 2.15. The molecule has 0 fully saturated rings. The van der Waals surface area contributed by atoms with Crippen molar-refractivity contribution in [3.05, 3.63) is 11.9 Å². The van der Waals surface area contributed by atoms with Crippen molar-refractivity contribution >= 4 is 5.97 Å². The third-order valence-electron chi connectivity index (χ3n) is 2.13. The number of aryl methyl sites for hydroxylation is 1. The Morgan fingerprint density at radius 2 is 2.26 bits per heavy atom. The van der Waals surface area contributed by atoms with Gasteiger partial charge in [-0.05, 0) is 27.2 Å². The summed E-state index contributed by atoms with van der Waals surface area (Å²) in [6, 6.07) is 0. The number of nitrogens with zero attached hydrogens (tertiary/aromatic N) is 3. The fraction of sp³-hybridized carbons (Fsp3) is 0.750. The second-order valence-electron chi connectivity index (χ2n) is 5.24. The van der Waals surface area contributed by atoms with Crippen LogP contribution in [0.2, 0.25) is 0 Å². The molecule has 0 spiro atoms. The number of carbonyl (C=O) groups is 1. The Balaban J connectivity index is 2.25. The minimum Gasteiger partial charge on any atom is -0.459 e. The molecule has 19 heavy (non-hydrogen) atoms. The lowest BCUT2D eigenvalue weighted by molar-refractivity contribution is -0.153. The number of nitrogens with one attached hydrogen (secondary N) is 1. The van der Waals surface area contributed by atoms with Gasteiger partial charge in [-0.15, -0.1) is 5.10 Å². The Labute approximate surface area is 112 Å². The van der Waals surface area contributed by atoms with Crippen LogP contribution in [-0.4, -0.2) is 44.8 Å². The number of carbonyl (C=O) groups excluding carboxylic acids is 1. The average Bonchev–Trinajstić information content (AvgIpc) is 2.72. The van der Waals surface area contributed by atoms with Crippen molar-refractivity contribution in [1.82, 2.24) is 20.3 Å². The first kappa shape index (κ1) is 15.6. The maximum absolute atomic E-state index is 11.4. The highest BCUT2D eigenvalue weighted by atomic mass is 16.6. The highest BCUT2D eigenvalue weighted by molar-refractivity contribution is 5.72. The largest absolute Gasteiger partial charge is 0.459 e. The molecule has 108 valence electrons. The van der Waals surface area contributed by atoms with Crippen molar-refractivity contribution in [2.24, 2.45) is 0 Å². The standard InChI is InChI=1S/C12H22N4O3/c1-12(2,3)19-11(18)8-13-7-10-9-16(15-14-10)5-4-6-17/h9,13,17H,4-8H2,1-3H3. The lowest BCUT2D eigenvalue weighted by Gasteiger charge is -2.19. The highest BCUT2D eigenvalue weighted by Crippen LogP contribution is 2.06. The molecule has 0 aromatic carbocycles. The van der Waals surface area contributed by atoms with Gasteiger partial charge < -0.3 is 15.2 Å². The van der Waals surface area contributed by atoms with E-state index in [1.165, 1.54) is 0 Å². The van der Waals surface area contributed by atoms with Crippen LogP contribution in [0.15, 0.2) is 6.20 Å². The molecule has 0 atom stereocenters. The summed E-state index contributed by atoms with van der Waals surface area (Å²) in [6.07, 6.45) is 2.44. The van der Waals surface area contributed by atoms with E-state index >= 15 is 0 Å². The Bertz CT molecular complexity index is 398. The van der Waals surface area contributed by atoms with E-state index in [-0.39, 0.29) is 19.1 Å². The van der Waals surface area contributed by atoms with Crippen LogP contribution < -0.4 is 5.32 Å². The van der Waals surface area contributed by atoms with Crippen LogP contribution in [0.4, 0.5) is 0 Å². The smallest absolute Gasteiger partial charge is 0.320 e. The number of aliphatic hydroxyl groups is 1. The van der Waals surface area contributed by atoms with Gasteiger partial charge in [-0.2, -0.15) is 0 Å². The first-order valence-electron chi connectivity index (χ1n) is 6.33. The van der Waals surface area contributed by atoms with Gasteiger partial charge in [0.05, 0.1) is 12.2 Å². The zero-order valence-electron chi connectivity index (χ0n) is 11.7. The molecule has 0 amide bonds. The van der Waals surface area contributed by atoms with Crippen LogP contribution in [0.5, 0.6) is 0 Å². The molecule has 7 heteroatoms. The molecule has 0 bridgehead atoms. The Kier molecular flexibility index (Phi) is 5.91. The molecule has 0 aliphatic rings. The maximum atomic E-state index is 11.4.